The van der Waals surface area contributed by atoms with Crippen molar-refractivity contribution < 1.29 is 13.2 Å². The number of benzene rings is 2. The molecule has 0 heterocycles. The van der Waals surface area contributed by atoms with Crippen LogP contribution >= 0.6 is 0 Å². The normalized spacial score (nSPS) is 12.9. The summed E-state index contributed by atoms with van der Waals surface area (Å²) in [6.45, 7) is 1.70. The molecule has 0 unspecified atom stereocenters. The highest BCUT2D eigenvalue weighted by atomic mass is 32.2. The molecule has 1 atom stereocenters. The molecule has 0 aromatic heterocycles. The third-order valence-electron chi connectivity index (χ3n) is 3.12. The van der Waals surface area contributed by atoms with Gasteiger partial charge in [-0.2, -0.15) is 0 Å². The van der Waals surface area contributed by atoms with Gasteiger partial charge in [0.25, 0.3) is 0 Å². The van der Waals surface area contributed by atoms with Crippen molar-refractivity contribution in [2.24, 2.45) is 0 Å². The molecule has 0 aliphatic heterocycles. The van der Waals surface area contributed by atoms with E-state index in [0.717, 1.165) is 5.56 Å². The molecule has 0 amide bonds. The summed E-state index contributed by atoms with van der Waals surface area (Å²) < 4.78 is 30.0. The largest absolute Gasteiger partial charge is 0.497 e. The van der Waals surface area contributed by atoms with Gasteiger partial charge < -0.3 is 4.74 Å². The molecule has 0 bridgehead atoms. The van der Waals surface area contributed by atoms with Crippen LogP contribution in [0.1, 0.15) is 17.7 Å². The van der Waals surface area contributed by atoms with Crippen LogP contribution in [0, 0.1) is 0 Å². The van der Waals surface area contributed by atoms with E-state index < -0.39 is 15.1 Å². The summed E-state index contributed by atoms with van der Waals surface area (Å²) in [4.78, 5) is 0.310. The molecular weight excluding hydrogens is 260 g/mol. The number of hydrogen-bond acceptors (Lipinski definition) is 3. The Hall–Kier alpha value is -1.81. The third-order valence-corrected chi connectivity index (χ3v) is 5.25. The maximum absolute atomic E-state index is 12.5. The Balaban J connectivity index is 2.36. The molecule has 0 fully saturated rings. The number of hydrogen-bond donors (Lipinski definition) is 0. The molecule has 2 rings (SSSR count). The number of sulfone groups is 1. The first-order valence-corrected chi connectivity index (χ1v) is 7.53. The number of rotatable bonds is 4. The van der Waals surface area contributed by atoms with E-state index in [-0.39, 0.29) is 0 Å². The van der Waals surface area contributed by atoms with Crippen LogP contribution in [0.2, 0.25) is 0 Å². The van der Waals surface area contributed by atoms with Crippen LogP contribution < -0.4 is 4.74 Å². The second kappa shape index (κ2) is 5.45. The lowest BCUT2D eigenvalue weighted by atomic mass is 10.2. The van der Waals surface area contributed by atoms with Crippen molar-refractivity contribution in [1.82, 2.24) is 0 Å². The van der Waals surface area contributed by atoms with Crippen LogP contribution in [0.4, 0.5) is 0 Å². The molecule has 0 spiro atoms. The Bertz CT molecular complexity index is 631. The van der Waals surface area contributed by atoms with Gasteiger partial charge >= 0.3 is 0 Å². The molecule has 0 saturated carbocycles. The molecule has 2 aromatic rings. The molecule has 4 heteroatoms. The smallest absolute Gasteiger partial charge is 0.185 e. The average molecular weight is 276 g/mol. The predicted octanol–water partition coefficient (Wildman–Crippen LogP) is 3.23. The van der Waals surface area contributed by atoms with E-state index in [9.17, 15) is 8.42 Å². The molecule has 2 aromatic carbocycles. The van der Waals surface area contributed by atoms with E-state index >= 15 is 0 Å². The van der Waals surface area contributed by atoms with Gasteiger partial charge in [0.2, 0.25) is 0 Å². The summed E-state index contributed by atoms with van der Waals surface area (Å²) in [5.41, 5.74) is 0.790. The van der Waals surface area contributed by atoms with E-state index in [0.29, 0.717) is 10.6 Å². The lowest BCUT2D eigenvalue weighted by Gasteiger charge is -2.13. The van der Waals surface area contributed by atoms with Gasteiger partial charge in [0.05, 0.1) is 17.3 Å². The first kappa shape index (κ1) is 13.6. The average Bonchev–Trinajstić information content (AvgIpc) is 2.47. The van der Waals surface area contributed by atoms with Crippen LogP contribution in [0.25, 0.3) is 0 Å². The summed E-state index contributed by atoms with van der Waals surface area (Å²) in [5.74, 6) is 0.645. The third kappa shape index (κ3) is 2.79. The van der Waals surface area contributed by atoms with Crippen molar-refractivity contribution in [3.63, 3.8) is 0 Å². The van der Waals surface area contributed by atoms with Gasteiger partial charge in [-0.1, -0.05) is 30.3 Å². The minimum atomic E-state index is -3.37. The van der Waals surface area contributed by atoms with E-state index in [1.54, 1.807) is 38.3 Å². The summed E-state index contributed by atoms with van der Waals surface area (Å²) in [7, 11) is -1.82. The molecule has 0 N–H and O–H groups in total. The monoisotopic (exact) mass is 276 g/mol. The first-order chi connectivity index (χ1) is 9.05. The van der Waals surface area contributed by atoms with Crippen molar-refractivity contribution in [1.29, 1.82) is 0 Å². The lowest BCUT2D eigenvalue weighted by Crippen LogP contribution is -2.10. The van der Waals surface area contributed by atoms with Crippen LogP contribution in [-0.2, 0) is 9.84 Å². The fourth-order valence-corrected chi connectivity index (χ4v) is 3.31. The zero-order valence-electron chi connectivity index (χ0n) is 10.9. The van der Waals surface area contributed by atoms with Crippen LogP contribution in [-0.4, -0.2) is 15.5 Å². The van der Waals surface area contributed by atoms with Gasteiger partial charge in [-0.3, -0.25) is 0 Å². The molecule has 0 radical (unpaired) electrons. The fraction of sp³-hybridized carbons (Fsp3) is 0.200. The second-order valence-electron chi connectivity index (χ2n) is 4.27. The standard InChI is InChI=1S/C15H16O3S/c1-12(13-6-4-3-5-7-13)19(16,17)15-10-8-14(18-2)9-11-15/h3-12H,1-2H3/t12-/m0/s1. The number of methoxy groups -OCH3 is 1. The molecule has 3 nitrogen and oxygen atoms in total. The maximum atomic E-state index is 12.5. The van der Waals surface area contributed by atoms with E-state index in [4.69, 9.17) is 4.74 Å². The summed E-state index contributed by atoms with van der Waals surface area (Å²) in [6.07, 6.45) is 0. The molecular formula is C15H16O3S. The first-order valence-electron chi connectivity index (χ1n) is 5.98. The van der Waals surface area contributed by atoms with Crippen molar-refractivity contribution >= 4 is 9.84 Å². The van der Waals surface area contributed by atoms with E-state index in [1.807, 2.05) is 30.3 Å². The zero-order valence-corrected chi connectivity index (χ0v) is 11.7. The molecule has 0 aliphatic rings. The van der Waals surface area contributed by atoms with Crippen molar-refractivity contribution in [3.8, 4) is 5.75 Å². The Morgan fingerprint density at radius 1 is 0.947 bits per heavy atom. The van der Waals surface area contributed by atoms with Crippen LogP contribution in [0.3, 0.4) is 0 Å². The van der Waals surface area contributed by atoms with E-state index in [1.165, 1.54) is 0 Å². The van der Waals surface area contributed by atoms with E-state index in [2.05, 4.69) is 0 Å². The van der Waals surface area contributed by atoms with Crippen LogP contribution in [0.15, 0.2) is 59.5 Å². The fourth-order valence-electron chi connectivity index (χ4n) is 1.87. The molecule has 100 valence electrons. The van der Waals surface area contributed by atoms with Crippen molar-refractivity contribution in [2.75, 3.05) is 7.11 Å². The Morgan fingerprint density at radius 2 is 1.53 bits per heavy atom. The minimum Gasteiger partial charge on any atom is -0.497 e. The topological polar surface area (TPSA) is 43.4 Å². The highest BCUT2D eigenvalue weighted by Gasteiger charge is 2.24. The maximum Gasteiger partial charge on any atom is 0.185 e. The minimum absolute atomic E-state index is 0.310. The van der Waals surface area contributed by atoms with Gasteiger partial charge in [-0.15, -0.1) is 0 Å². The van der Waals surface area contributed by atoms with Gasteiger partial charge in [-0.25, -0.2) is 8.42 Å². The van der Waals surface area contributed by atoms with Gasteiger partial charge in [-0.05, 0) is 36.8 Å². The highest BCUT2D eigenvalue weighted by molar-refractivity contribution is 7.91. The Kier molecular flexibility index (Phi) is 3.90. The molecule has 0 saturated heterocycles. The Morgan fingerprint density at radius 3 is 2.05 bits per heavy atom. The zero-order chi connectivity index (χ0) is 13.9. The second-order valence-corrected chi connectivity index (χ2v) is 6.54. The van der Waals surface area contributed by atoms with Gasteiger partial charge in [0.15, 0.2) is 9.84 Å². The van der Waals surface area contributed by atoms with Crippen molar-refractivity contribution in [3.05, 3.63) is 60.2 Å². The summed E-state index contributed by atoms with van der Waals surface area (Å²) in [6, 6.07) is 15.7. The molecule has 0 aliphatic carbocycles. The van der Waals surface area contributed by atoms with Crippen LogP contribution in [0.5, 0.6) is 5.75 Å². The SMILES string of the molecule is COc1ccc(S(=O)(=O)[C@@H](C)c2ccccc2)cc1. The number of ether oxygens (including phenoxy) is 1. The van der Waals surface area contributed by atoms with Crippen molar-refractivity contribution in [2.45, 2.75) is 17.1 Å². The lowest BCUT2D eigenvalue weighted by molar-refractivity contribution is 0.414. The quantitative estimate of drug-likeness (QED) is 0.861. The molecule has 19 heavy (non-hydrogen) atoms. The predicted molar refractivity (Wildman–Crippen MR) is 75.0 cm³/mol. The van der Waals surface area contributed by atoms with Gasteiger partial charge in [0, 0.05) is 0 Å². The summed E-state index contributed by atoms with van der Waals surface area (Å²) >= 11 is 0. The van der Waals surface area contributed by atoms with Gasteiger partial charge in [0.1, 0.15) is 5.75 Å². The Labute approximate surface area is 113 Å². The highest BCUT2D eigenvalue weighted by Crippen LogP contribution is 2.29. The summed E-state index contributed by atoms with van der Waals surface area (Å²) in [5, 5.41) is -0.568.